The highest BCUT2D eigenvalue weighted by Gasteiger charge is 2.27. The largest absolute Gasteiger partial charge is 0.464 e. The maximum Gasteiger partial charge on any atom is 0.356 e. The standard InChI is InChI=1S/C29H33N5O3/c1-19(2)18-34-26(29(36)37-4)25(33-28(35)22-11-8-13-30-16-22)24-15-23(17-32-27(24)34)31-14-12-20(3)21-9-6-5-7-10-21/h5-11,13,15-17,19-20,31H,12,14,18H2,1-4H3,(H,33,35)/t20-/m1/s1. The highest BCUT2D eigenvalue weighted by Crippen LogP contribution is 2.34. The van der Waals surface area contributed by atoms with Gasteiger partial charge in [0.15, 0.2) is 5.69 Å². The number of anilines is 2. The number of pyridine rings is 2. The molecule has 0 unspecified atom stereocenters. The third-order valence-corrected chi connectivity index (χ3v) is 6.26. The van der Waals surface area contributed by atoms with Gasteiger partial charge in [-0.25, -0.2) is 9.78 Å². The number of aromatic nitrogens is 3. The van der Waals surface area contributed by atoms with Gasteiger partial charge in [0.05, 0.1) is 30.2 Å². The molecule has 4 rings (SSSR count). The van der Waals surface area contributed by atoms with Gasteiger partial charge < -0.3 is 19.9 Å². The average molecular weight is 500 g/mol. The van der Waals surface area contributed by atoms with Crippen molar-refractivity contribution in [3.05, 3.63) is 83.9 Å². The van der Waals surface area contributed by atoms with E-state index in [0.29, 0.717) is 34.7 Å². The minimum Gasteiger partial charge on any atom is -0.464 e. The van der Waals surface area contributed by atoms with Gasteiger partial charge in [-0.05, 0) is 42.0 Å². The van der Waals surface area contributed by atoms with Crippen LogP contribution >= 0.6 is 0 Å². The fraction of sp³-hybridized carbons (Fsp3) is 0.310. The molecule has 0 radical (unpaired) electrons. The number of methoxy groups -OCH3 is 1. The maximum absolute atomic E-state index is 13.1. The van der Waals surface area contributed by atoms with Crippen LogP contribution in [0.3, 0.4) is 0 Å². The molecule has 8 nitrogen and oxygen atoms in total. The van der Waals surface area contributed by atoms with Crippen molar-refractivity contribution in [3.63, 3.8) is 0 Å². The van der Waals surface area contributed by atoms with Gasteiger partial charge in [-0.3, -0.25) is 9.78 Å². The zero-order chi connectivity index (χ0) is 26.4. The van der Waals surface area contributed by atoms with Crippen molar-refractivity contribution in [2.24, 2.45) is 5.92 Å². The Labute approximate surface area is 217 Å². The van der Waals surface area contributed by atoms with E-state index in [-0.39, 0.29) is 17.5 Å². The summed E-state index contributed by atoms with van der Waals surface area (Å²) in [4.78, 5) is 34.7. The monoisotopic (exact) mass is 499 g/mol. The Morgan fingerprint density at radius 1 is 1.05 bits per heavy atom. The fourth-order valence-corrected chi connectivity index (χ4v) is 4.36. The highest BCUT2D eigenvalue weighted by molar-refractivity contribution is 6.14. The van der Waals surface area contributed by atoms with E-state index >= 15 is 0 Å². The van der Waals surface area contributed by atoms with Crippen molar-refractivity contribution in [3.8, 4) is 0 Å². The number of esters is 1. The van der Waals surface area contributed by atoms with Gasteiger partial charge in [0, 0.05) is 30.9 Å². The molecule has 4 aromatic rings. The molecular formula is C29H33N5O3. The maximum atomic E-state index is 13.1. The first-order valence-corrected chi connectivity index (χ1v) is 12.5. The molecule has 1 atom stereocenters. The molecule has 192 valence electrons. The second-order valence-corrected chi connectivity index (χ2v) is 9.54. The minimum atomic E-state index is -0.536. The van der Waals surface area contributed by atoms with Crippen LogP contribution in [0.25, 0.3) is 11.0 Å². The second kappa shape index (κ2) is 11.7. The number of carbonyl (C=O) groups is 2. The van der Waals surface area contributed by atoms with Crippen LogP contribution in [0, 0.1) is 5.92 Å². The molecule has 3 heterocycles. The molecule has 0 spiro atoms. The summed E-state index contributed by atoms with van der Waals surface area (Å²) in [5.41, 5.74) is 3.75. The predicted octanol–water partition coefficient (Wildman–Crippen LogP) is 5.73. The van der Waals surface area contributed by atoms with Gasteiger partial charge in [0.2, 0.25) is 0 Å². The number of hydrogen-bond donors (Lipinski definition) is 2. The zero-order valence-corrected chi connectivity index (χ0v) is 21.7. The number of ether oxygens (including phenoxy) is 1. The number of amides is 1. The second-order valence-electron chi connectivity index (χ2n) is 9.54. The quantitative estimate of drug-likeness (QED) is 0.270. The lowest BCUT2D eigenvalue weighted by Gasteiger charge is -2.13. The number of benzene rings is 1. The lowest BCUT2D eigenvalue weighted by molar-refractivity contribution is 0.0589. The Morgan fingerprint density at radius 3 is 2.51 bits per heavy atom. The van der Waals surface area contributed by atoms with E-state index in [9.17, 15) is 9.59 Å². The third kappa shape index (κ3) is 5.97. The van der Waals surface area contributed by atoms with Crippen molar-refractivity contribution < 1.29 is 14.3 Å². The first kappa shape index (κ1) is 25.9. The molecule has 0 saturated heterocycles. The van der Waals surface area contributed by atoms with Crippen LogP contribution in [0.2, 0.25) is 0 Å². The molecule has 0 fully saturated rings. The van der Waals surface area contributed by atoms with Gasteiger partial charge in [-0.2, -0.15) is 0 Å². The lowest BCUT2D eigenvalue weighted by Crippen LogP contribution is -2.18. The number of hydrogen-bond acceptors (Lipinski definition) is 6. The van der Waals surface area contributed by atoms with Gasteiger partial charge >= 0.3 is 5.97 Å². The molecule has 2 N–H and O–H groups in total. The van der Waals surface area contributed by atoms with Gasteiger partial charge in [-0.15, -0.1) is 0 Å². The zero-order valence-electron chi connectivity index (χ0n) is 21.7. The van der Waals surface area contributed by atoms with Gasteiger partial charge in [-0.1, -0.05) is 51.1 Å². The van der Waals surface area contributed by atoms with E-state index in [1.54, 1.807) is 24.5 Å². The summed E-state index contributed by atoms with van der Waals surface area (Å²) in [6, 6.07) is 15.7. The summed E-state index contributed by atoms with van der Waals surface area (Å²) in [7, 11) is 1.33. The van der Waals surface area contributed by atoms with Gasteiger partial charge in [0.25, 0.3) is 5.91 Å². The molecule has 0 aliphatic carbocycles. The lowest BCUT2D eigenvalue weighted by atomic mass is 9.98. The Hall–Kier alpha value is -4.20. The van der Waals surface area contributed by atoms with E-state index in [0.717, 1.165) is 18.7 Å². The first-order chi connectivity index (χ1) is 17.9. The number of rotatable bonds is 10. The average Bonchev–Trinajstić information content (AvgIpc) is 3.20. The van der Waals surface area contributed by atoms with Crippen LogP contribution in [0.4, 0.5) is 11.4 Å². The van der Waals surface area contributed by atoms with E-state index < -0.39 is 5.97 Å². The van der Waals surface area contributed by atoms with E-state index in [1.165, 1.54) is 18.9 Å². The number of nitrogens with zero attached hydrogens (tertiary/aromatic N) is 3. The number of fused-ring (bicyclic) bond motifs is 1. The molecular weight excluding hydrogens is 466 g/mol. The van der Waals surface area contributed by atoms with E-state index in [2.05, 4.69) is 60.7 Å². The Bertz CT molecular complexity index is 1370. The van der Waals surface area contributed by atoms with Crippen LogP contribution in [-0.2, 0) is 11.3 Å². The summed E-state index contributed by atoms with van der Waals surface area (Å²) in [5.74, 6) is -0.263. The molecule has 1 aromatic carbocycles. The molecule has 0 aliphatic heterocycles. The number of carbonyl (C=O) groups excluding carboxylic acids is 2. The summed E-state index contributed by atoms with van der Waals surface area (Å²) in [6.45, 7) is 7.61. The van der Waals surface area contributed by atoms with Crippen molar-refractivity contribution in [1.29, 1.82) is 0 Å². The predicted molar refractivity (Wildman–Crippen MR) is 146 cm³/mol. The molecule has 3 aromatic heterocycles. The summed E-state index contributed by atoms with van der Waals surface area (Å²) >= 11 is 0. The SMILES string of the molecule is COC(=O)c1c(NC(=O)c2cccnc2)c2cc(NCC[C@@H](C)c3ccccc3)cnc2n1CC(C)C. The van der Waals surface area contributed by atoms with Crippen LogP contribution in [0.15, 0.2) is 67.1 Å². The van der Waals surface area contributed by atoms with Crippen molar-refractivity contribution >= 4 is 34.3 Å². The van der Waals surface area contributed by atoms with E-state index in [4.69, 9.17) is 9.72 Å². The van der Waals surface area contributed by atoms with Crippen LogP contribution in [0.5, 0.6) is 0 Å². The minimum absolute atomic E-state index is 0.236. The number of nitrogens with one attached hydrogen (secondary N) is 2. The van der Waals surface area contributed by atoms with Crippen LogP contribution < -0.4 is 10.6 Å². The molecule has 8 heteroatoms. The molecule has 1 amide bonds. The molecule has 0 aliphatic rings. The summed E-state index contributed by atoms with van der Waals surface area (Å²) in [6.07, 6.45) is 5.79. The topological polar surface area (TPSA) is 98.1 Å². The molecule has 0 saturated carbocycles. The highest BCUT2D eigenvalue weighted by atomic mass is 16.5. The Balaban J connectivity index is 1.68. The van der Waals surface area contributed by atoms with Gasteiger partial charge in [0.1, 0.15) is 5.65 Å². The normalized spacial score (nSPS) is 11.9. The fourth-order valence-electron chi connectivity index (χ4n) is 4.36. The van der Waals surface area contributed by atoms with Crippen LogP contribution in [0.1, 0.15) is 59.5 Å². The van der Waals surface area contributed by atoms with Crippen LogP contribution in [-0.4, -0.2) is 40.1 Å². The smallest absolute Gasteiger partial charge is 0.356 e. The Kier molecular flexibility index (Phi) is 8.18. The third-order valence-electron chi connectivity index (χ3n) is 6.26. The first-order valence-electron chi connectivity index (χ1n) is 12.5. The van der Waals surface area contributed by atoms with Crippen molar-refractivity contribution in [2.45, 2.75) is 39.7 Å². The van der Waals surface area contributed by atoms with Crippen molar-refractivity contribution in [2.75, 3.05) is 24.3 Å². The summed E-state index contributed by atoms with van der Waals surface area (Å²) < 4.78 is 6.94. The Morgan fingerprint density at radius 2 is 1.84 bits per heavy atom. The van der Waals surface area contributed by atoms with E-state index in [1.807, 2.05) is 16.7 Å². The molecule has 37 heavy (non-hydrogen) atoms. The molecule has 0 bridgehead atoms. The summed E-state index contributed by atoms with van der Waals surface area (Å²) in [5, 5.41) is 7.05. The van der Waals surface area contributed by atoms with Crippen molar-refractivity contribution in [1.82, 2.24) is 14.5 Å².